The van der Waals surface area contributed by atoms with Gasteiger partial charge in [-0.25, -0.2) is 0 Å². The quantitative estimate of drug-likeness (QED) is 0.529. The number of rotatable bonds is 4. The molecule has 0 atom stereocenters. The Morgan fingerprint density at radius 1 is 1.56 bits per heavy atom. The molecule has 1 nitrogen and oxygen atoms in total. The van der Waals surface area contributed by atoms with E-state index in [1.807, 2.05) is 13.0 Å². The van der Waals surface area contributed by atoms with Gasteiger partial charge < -0.3 is 4.74 Å². The summed E-state index contributed by atoms with van der Waals surface area (Å²) in [5, 5.41) is 0. The van der Waals surface area contributed by atoms with E-state index in [4.69, 9.17) is 4.74 Å². The van der Waals surface area contributed by atoms with Crippen LogP contribution in [0.2, 0.25) is 0 Å². The Kier molecular flexibility index (Phi) is 5.38. The van der Waals surface area contributed by atoms with Crippen molar-refractivity contribution >= 4 is 0 Å². The van der Waals surface area contributed by atoms with Gasteiger partial charge in [0.05, 0.1) is 12.9 Å². The van der Waals surface area contributed by atoms with Gasteiger partial charge in [0, 0.05) is 6.42 Å². The van der Waals surface area contributed by atoms with E-state index in [-0.39, 0.29) is 0 Å². The highest BCUT2D eigenvalue weighted by molar-refractivity contribution is 4.89. The summed E-state index contributed by atoms with van der Waals surface area (Å²) < 4.78 is 5.06. The van der Waals surface area contributed by atoms with Crippen LogP contribution in [-0.2, 0) is 4.74 Å². The van der Waals surface area contributed by atoms with Gasteiger partial charge in [-0.2, -0.15) is 0 Å². The average Bonchev–Trinajstić information content (AvgIpc) is 1.91. The van der Waals surface area contributed by atoms with Crippen molar-refractivity contribution in [2.24, 2.45) is 0 Å². The van der Waals surface area contributed by atoms with Crippen LogP contribution in [0.25, 0.3) is 0 Å². The third-order valence-electron chi connectivity index (χ3n) is 1.36. The fraction of sp³-hybridized carbons (Fsp3) is 0.750. The molecule has 0 radical (unpaired) electrons. The first-order valence-corrected chi connectivity index (χ1v) is 3.54. The summed E-state index contributed by atoms with van der Waals surface area (Å²) in [5.74, 6) is 1.11. The molecule has 0 spiro atoms. The molecule has 0 aromatic rings. The lowest BCUT2D eigenvalue weighted by molar-refractivity contribution is 0.274. The van der Waals surface area contributed by atoms with Crippen LogP contribution < -0.4 is 0 Å². The molecule has 0 amide bonds. The number of hydrogen-bond donors (Lipinski definition) is 0. The Morgan fingerprint density at radius 3 is 2.56 bits per heavy atom. The molecule has 0 rings (SSSR count). The van der Waals surface area contributed by atoms with Gasteiger partial charge in [-0.1, -0.05) is 13.3 Å². The van der Waals surface area contributed by atoms with Crippen molar-refractivity contribution in [3.63, 3.8) is 0 Å². The molecular weight excluding hydrogens is 112 g/mol. The number of methoxy groups -OCH3 is 1. The van der Waals surface area contributed by atoms with E-state index in [0.717, 1.165) is 12.2 Å². The Hall–Kier alpha value is -0.460. The number of unbranched alkanes of at least 4 members (excludes halogenated alkanes) is 1. The summed E-state index contributed by atoms with van der Waals surface area (Å²) in [4.78, 5) is 0. The van der Waals surface area contributed by atoms with Crippen molar-refractivity contribution in [1.82, 2.24) is 0 Å². The van der Waals surface area contributed by atoms with E-state index in [1.54, 1.807) is 7.11 Å². The normalized spacial score (nSPS) is 11.7. The lowest BCUT2D eigenvalue weighted by atomic mass is 10.2. The van der Waals surface area contributed by atoms with Gasteiger partial charge in [0.1, 0.15) is 0 Å². The van der Waals surface area contributed by atoms with Gasteiger partial charge in [-0.3, -0.25) is 0 Å². The molecule has 0 bridgehead atoms. The van der Waals surface area contributed by atoms with Crippen molar-refractivity contribution in [2.75, 3.05) is 7.11 Å². The third-order valence-corrected chi connectivity index (χ3v) is 1.36. The van der Waals surface area contributed by atoms with Crippen LogP contribution >= 0.6 is 0 Å². The Morgan fingerprint density at radius 2 is 2.22 bits per heavy atom. The molecule has 0 N–H and O–H groups in total. The molecule has 0 saturated heterocycles. The second-order valence-electron chi connectivity index (χ2n) is 2.06. The molecular formula is C8H16O. The number of allylic oxidation sites excluding steroid dienone is 2. The summed E-state index contributed by atoms with van der Waals surface area (Å²) in [7, 11) is 1.73. The fourth-order valence-corrected chi connectivity index (χ4v) is 0.715. The first-order valence-electron chi connectivity index (χ1n) is 3.54. The van der Waals surface area contributed by atoms with Crippen LogP contribution in [0.15, 0.2) is 11.8 Å². The molecule has 1 heteroatoms. The first-order chi connectivity index (χ1) is 4.35. The van der Waals surface area contributed by atoms with E-state index in [9.17, 15) is 0 Å². The predicted octanol–water partition coefficient (Wildman–Crippen LogP) is 2.73. The second kappa shape index (κ2) is 5.67. The van der Waals surface area contributed by atoms with E-state index in [0.29, 0.717) is 0 Å². The SMILES string of the molecule is C/C=C(\CCCC)OC. The molecule has 0 aliphatic rings. The van der Waals surface area contributed by atoms with Crippen LogP contribution in [0.5, 0.6) is 0 Å². The Labute approximate surface area is 57.7 Å². The Balaban J connectivity index is 3.33. The van der Waals surface area contributed by atoms with E-state index in [2.05, 4.69) is 6.92 Å². The topological polar surface area (TPSA) is 9.23 Å². The molecule has 0 aliphatic carbocycles. The standard InChI is InChI=1S/C8H16O/c1-4-6-7-8(5-2)9-3/h5H,4,6-7H2,1-3H3/b8-5+. The molecule has 0 aromatic heterocycles. The number of ether oxygens (including phenoxy) is 1. The molecule has 0 aromatic carbocycles. The first kappa shape index (κ1) is 8.54. The summed E-state index contributed by atoms with van der Waals surface area (Å²) in [6.07, 6.45) is 5.58. The molecule has 0 unspecified atom stereocenters. The van der Waals surface area contributed by atoms with Gasteiger partial charge in [0.15, 0.2) is 0 Å². The maximum atomic E-state index is 5.06. The zero-order chi connectivity index (χ0) is 7.11. The zero-order valence-corrected chi connectivity index (χ0v) is 6.61. The van der Waals surface area contributed by atoms with Crippen LogP contribution in [0, 0.1) is 0 Å². The molecule has 54 valence electrons. The van der Waals surface area contributed by atoms with Crippen LogP contribution in [0.1, 0.15) is 33.1 Å². The number of hydrogen-bond acceptors (Lipinski definition) is 1. The summed E-state index contributed by atoms with van der Waals surface area (Å²) in [5.41, 5.74) is 0. The third kappa shape index (κ3) is 4.07. The van der Waals surface area contributed by atoms with Crippen LogP contribution in [-0.4, -0.2) is 7.11 Å². The van der Waals surface area contributed by atoms with Crippen molar-refractivity contribution < 1.29 is 4.74 Å². The van der Waals surface area contributed by atoms with Gasteiger partial charge in [-0.15, -0.1) is 0 Å². The lowest BCUT2D eigenvalue weighted by Crippen LogP contribution is -1.85. The lowest BCUT2D eigenvalue weighted by Gasteiger charge is -2.02. The van der Waals surface area contributed by atoms with E-state index >= 15 is 0 Å². The second-order valence-corrected chi connectivity index (χ2v) is 2.06. The maximum absolute atomic E-state index is 5.06. The highest BCUT2D eigenvalue weighted by atomic mass is 16.5. The van der Waals surface area contributed by atoms with Gasteiger partial charge in [-0.05, 0) is 19.4 Å². The summed E-state index contributed by atoms with van der Waals surface area (Å²) in [6.45, 7) is 4.19. The van der Waals surface area contributed by atoms with Crippen LogP contribution in [0.4, 0.5) is 0 Å². The fourth-order valence-electron chi connectivity index (χ4n) is 0.715. The smallest absolute Gasteiger partial charge is 0.0912 e. The Bertz CT molecular complexity index is 84.6. The predicted molar refractivity (Wildman–Crippen MR) is 40.3 cm³/mol. The highest BCUT2D eigenvalue weighted by Crippen LogP contribution is 2.06. The molecule has 9 heavy (non-hydrogen) atoms. The summed E-state index contributed by atoms with van der Waals surface area (Å²) >= 11 is 0. The van der Waals surface area contributed by atoms with Gasteiger partial charge in [0.2, 0.25) is 0 Å². The summed E-state index contributed by atoms with van der Waals surface area (Å²) in [6, 6.07) is 0. The highest BCUT2D eigenvalue weighted by Gasteiger charge is 1.90. The van der Waals surface area contributed by atoms with E-state index in [1.165, 1.54) is 12.8 Å². The molecule has 0 aliphatic heterocycles. The minimum absolute atomic E-state index is 1.09. The van der Waals surface area contributed by atoms with Crippen molar-refractivity contribution in [1.29, 1.82) is 0 Å². The maximum Gasteiger partial charge on any atom is 0.0912 e. The van der Waals surface area contributed by atoms with E-state index < -0.39 is 0 Å². The molecule has 0 heterocycles. The minimum Gasteiger partial charge on any atom is -0.501 e. The van der Waals surface area contributed by atoms with Gasteiger partial charge >= 0.3 is 0 Å². The minimum atomic E-state index is 1.09. The largest absolute Gasteiger partial charge is 0.501 e. The van der Waals surface area contributed by atoms with Gasteiger partial charge in [0.25, 0.3) is 0 Å². The zero-order valence-electron chi connectivity index (χ0n) is 6.61. The monoisotopic (exact) mass is 128 g/mol. The van der Waals surface area contributed by atoms with Crippen molar-refractivity contribution in [3.8, 4) is 0 Å². The molecule has 0 fully saturated rings. The van der Waals surface area contributed by atoms with Crippen LogP contribution in [0.3, 0.4) is 0 Å². The average molecular weight is 128 g/mol. The molecule has 0 saturated carbocycles. The van der Waals surface area contributed by atoms with Crippen molar-refractivity contribution in [3.05, 3.63) is 11.8 Å². The van der Waals surface area contributed by atoms with Crippen molar-refractivity contribution in [2.45, 2.75) is 33.1 Å².